The minimum atomic E-state index is -0.0672. The molecule has 1 atom stereocenters. The molecule has 1 fully saturated rings. The second-order valence-electron chi connectivity index (χ2n) is 5.22. The van der Waals surface area contributed by atoms with Crippen LogP contribution in [0.3, 0.4) is 0 Å². The zero-order valence-electron chi connectivity index (χ0n) is 11.6. The summed E-state index contributed by atoms with van der Waals surface area (Å²) in [5.74, 6) is 1.67. The Morgan fingerprint density at radius 1 is 1.42 bits per heavy atom. The van der Waals surface area contributed by atoms with Crippen molar-refractivity contribution in [2.24, 2.45) is 16.8 Å². The lowest BCUT2D eigenvalue weighted by atomic mass is 9.80. The number of nitrogens with one attached hydrogen (secondary N) is 1. The van der Waals surface area contributed by atoms with Gasteiger partial charge in [-0.05, 0) is 39.5 Å². The lowest BCUT2D eigenvalue weighted by molar-refractivity contribution is 0.285. The van der Waals surface area contributed by atoms with Crippen LogP contribution >= 0.6 is 0 Å². The van der Waals surface area contributed by atoms with Crippen molar-refractivity contribution in [1.29, 1.82) is 0 Å². The number of aryl methyl sites for hydroxylation is 1. The monoisotopic (exact) mass is 263 g/mol. The van der Waals surface area contributed by atoms with E-state index in [1.54, 1.807) is 0 Å². The molecule has 104 valence electrons. The molecule has 0 aromatic carbocycles. The summed E-state index contributed by atoms with van der Waals surface area (Å²) in [6, 6.07) is 0.377. The molecule has 0 aliphatic heterocycles. The van der Waals surface area contributed by atoms with E-state index in [4.69, 9.17) is 10.9 Å². The van der Waals surface area contributed by atoms with E-state index < -0.39 is 0 Å². The molecule has 1 aromatic heterocycles. The summed E-state index contributed by atoms with van der Waals surface area (Å²) in [6.45, 7) is 6.04. The maximum Gasteiger partial charge on any atom is 0.208 e. The molecule has 0 spiro atoms. The van der Waals surface area contributed by atoms with Crippen molar-refractivity contribution in [3.8, 4) is 0 Å². The second-order valence-corrected chi connectivity index (χ2v) is 5.22. The summed E-state index contributed by atoms with van der Waals surface area (Å²) in [5, 5.41) is 15.1. The summed E-state index contributed by atoms with van der Waals surface area (Å²) < 4.78 is 0. The zero-order chi connectivity index (χ0) is 14.0. The van der Waals surface area contributed by atoms with Crippen LogP contribution < -0.4 is 11.1 Å². The number of nitrogens with zero attached hydrogens (tertiary/aromatic N) is 3. The number of nitrogens with two attached hydrogens (primary N) is 1. The summed E-state index contributed by atoms with van der Waals surface area (Å²) in [6.07, 6.45) is 3.85. The highest BCUT2D eigenvalue weighted by Crippen LogP contribution is 2.31. The molecule has 19 heavy (non-hydrogen) atoms. The van der Waals surface area contributed by atoms with E-state index in [2.05, 4.69) is 27.4 Å². The third kappa shape index (κ3) is 2.77. The van der Waals surface area contributed by atoms with Gasteiger partial charge in [0.05, 0.1) is 0 Å². The minimum absolute atomic E-state index is 0.0672. The lowest BCUT2D eigenvalue weighted by Crippen LogP contribution is -2.32. The van der Waals surface area contributed by atoms with Crippen molar-refractivity contribution < 1.29 is 5.21 Å². The predicted octanol–water partition coefficient (Wildman–Crippen LogP) is 1.79. The van der Waals surface area contributed by atoms with Gasteiger partial charge >= 0.3 is 0 Å². The van der Waals surface area contributed by atoms with Crippen LogP contribution in [0.2, 0.25) is 0 Å². The van der Waals surface area contributed by atoms with Crippen LogP contribution in [0.4, 0.5) is 5.82 Å². The Balaban J connectivity index is 2.25. The van der Waals surface area contributed by atoms with Crippen LogP contribution in [0.5, 0.6) is 0 Å². The molecule has 1 saturated carbocycles. The Hall–Kier alpha value is -1.85. The first-order chi connectivity index (χ1) is 9.02. The van der Waals surface area contributed by atoms with Crippen LogP contribution in [0.1, 0.15) is 43.3 Å². The van der Waals surface area contributed by atoms with Crippen molar-refractivity contribution in [2.75, 3.05) is 5.32 Å². The summed E-state index contributed by atoms with van der Waals surface area (Å²) in [5.41, 5.74) is 7.39. The smallest absolute Gasteiger partial charge is 0.208 e. The Morgan fingerprint density at radius 2 is 2.11 bits per heavy atom. The van der Waals surface area contributed by atoms with Gasteiger partial charge in [-0.2, -0.15) is 0 Å². The highest BCUT2D eigenvalue weighted by molar-refractivity contribution is 5.93. The number of rotatable bonds is 4. The highest BCUT2D eigenvalue weighted by atomic mass is 16.4. The maximum absolute atomic E-state index is 8.72. The predicted molar refractivity (Wildman–Crippen MR) is 74.4 cm³/mol. The molecule has 1 aliphatic carbocycles. The van der Waals surface area contributed by atoms with E-state index in [9.17, 15) is 0 Å². The maximum atomic E-state index is 8.72. The van der Waals surface area contributed by atoms with Gasteiger partial charge in [-0.1, -0.05) is 11.6 Å². The first-order valence-electron chi connectivity index (χ1n) is 6.62. The Labute approximate surface area is 113 Å². The van der Waals surface area contributed by atoms with Gasteiger partial charge in [-0.15, -0.1) is 0 Å². The highest BCUT2D eigenvalue weighted by Gasteiger charge is 2.24. The molecule has 6 nitrogen and oxygen atoms in total. The molecular formula is C13H21N5O. The Kier molecular flexibility index (Phi) is 3.87. The quantitative estimate of drug-likeness (QED) is 0.333. The van der Waals surface area contributed by atoms with Crippen molar-refractivity contribution in [3.63, 3.8) is 0 Å². The van der Waals surface area contributed by atoms with E-state index >= 15 is 0 Å². The molecule has 4 N–H and O–H groups in total. The third-order valence-corrected chi connectivity index (χ3v) is 3.95. The van der Waals surface area contributed by atoms with E-state index in [1.165, 1.54) is 19.3 Å². The fourth-order valence-electron chi connectivity index (χ4n) is 2.20. The van der Waals surface area contributed by atoms with Gasteiger partial charge in [0.15, 0.2) is 0 Å². The fraction of sp³-hybridized carbons (Fsp3) is 0.615. The van der Waals surface area contributed by atoms with Crippen molar-refractivity contribution in [2.45, 2.75) is 46.1 Å². The number of hydrogen-bond acceptors (Lipinski definition) is 5. The Bertz CT molecular complexity index is 496. The molecule has 0 bridgehead atoms. The van der Waals surface area contributed by atoms with Crippen LogP contribution in [-0.2, 0) is 0 Å². The molecule has 1 aliphatic rings. The second kappa shape index (κ2) is 5.42. The molecule has 6 heteroatoms. The van der Waals surface area contributed by atoms with Crippen molar-refractivity contribution in [1.82, 2.24) is 9.97 Å². The SMILES string of the molecule is Cc1nc(/C(N)=N/O)nc(N[C@H](C)C2CCC2)c1C. The number of aromatic nitrogens is 2. The normalized spacial score (nSPS) is 17.9. The number of anilines is 1. The van der Waals surface area contributed by atoms with E-state index in [0.29, 0.717) is 12.0 Å². The van der Waals surface area contributed by atoms with Gasteiger partial charge in [-0.25, -0.2) is 9.97 Å². The standard InChI is InChI=1S/C13H21N5O/c1-7-8(2)15-13(11(14)18-19)17-12(7)16-9(3)10-5-4-6-10/h9-10,19H,4-6H2,1-3H3,(H2,14,18)(H,15,16,17)/t9-/m1/s1. The van der Waals surface area contributed by atoms with Crippen LogP contribution in [-0.4, -0.2) is 27.1 Å². The van der Waals surface area contributed by atoms with E-state index in [1.807, 2.05) is 13.8 Å². The first-order valence-corrected chi connectivity index (χ1v) is 6.62. The topological polar surface area (TPSA) is 96.4 Å². The van der Waals surface area contributed by atoms with Crippen LogP contribution in [0.15, 0.2) is 5.16 Å². The van der Waals surface area contributed by atoms with Gasteiger partial charge < -0.3 is 16.3 Å². The minimum Gasteiger partial charge on any atom is -0.409 e. The Morgan fingerprint density at radius 3 is 2.63 bits per heavy atom. The summed E-state index contributed by atoms with van der Waals surface area (Å²) >= 11 is 0. The van der Waals surface area contributed by atoms with E-state index in [-0.39, 0.29) is 11.7 Å². The molecule has 0 saturated heterocycles. The molecule has 1 heterocycles. The number of oxime groups is 1. The first kappa shape index (κ1) is 13.6. The fourth-order valence-corrected chi connectivity index (χ4v) is 2.20. The third-order valence-electron chi connectivity index (χ3n) is 3.95. The average molecular weight is 263 g/mol. The molecule has 0 unspecified atom stereocenters. The molecule has 0 radical (unpaired) electrons. The molecular weight excluding hydrogens is 242 g/mol. The molecule has 2 rings (SSSR count). The van der Waals surface area contributed by atoms with Crippen LogP contribution in [0.25, 0.3) is 0 Å². The van der Waals surface area contributed by atoms with Gasteiger partial charge in [0.1, 0.15) is 5.82 Å². The number of amidine groups is 1. The average Bonchev–Trinajstić information content (AvgIpc) is 2.31. The number of hydrogen-bond donors (Lipinski definition) is 3. The van der Waals surface area contributed by atoms with Gasteiger partial charge in [0, 0.05) is 17.3 Å². The van der Waals surface area contributed by atoms with Crippen molar-refractivity contribution in [3.05, 3.63) is 17.1 Å². The van der Waals surface area contributed by atoms with E-state index in [0.717, 1.165) is 17.1 Å². The summed E-state index contributed by atoms with van der Waals surface area (Å²) in [7, 11) is 0. The van der Waals surface area contributed by atoms with Gasteiger partial charge in [-0.3, -0.25) is 0 Å². The lowest BCUT2D eigenvalue weighted by Gasteiger charge is -2.32. The van der Waals surface area contributed by atoms with Gasteiger partial charge in [0.2, 0.25) is 11.7 Å². The zero-order valence-corrected chi connectivity index (χ0v) is 11.6. The van der Waals surface area contributed by atoms with Gasteiger partial charge in [0.25, 0.3) is 0 Å². The largest absolute Gasteiger partial charge is 0.409 e. The summed E-state index contributed by atoms with van der Waals surface area (Å²) in [4.78, 5) is 8.57. The van der Waals surface area contributed by atoms with Crippen LogP contribution in [0, 0.1) is 19.8 Å². The molecule has 1 aromatic rings. The molecule has 0 amide bonds. The van der Waals surface area contributed by atoms with Crippen molar-refractivity contribution >= 4 is 11.7 Å².